The van der Waals surface area contributed by atoms with Gasteiger partial charge in [0.05, 0.1) is 23.7 Å². The normalized spacial score (nSPS) is 15.2. The SMILES string of the molecule is O=C(COC(=O)c1cc(S(=O)(=O)N2CCOCC2)ccc1F)Nc1ccon1. The van der Waals surface area contributed by atoms with E-state index in [4.69, 9.17) is 9.47 Å². The molecule has 0 bridgehead atoms. The Balaban J connectivity index is 1.70. The summed E-state index contributed by atoms with van der Waals surface area (Å²) in [5.74, 6) is -2.75. The van der Waals surface area contributed by atoms with E-state index in [1.54, 1.807) is 0 Å². The summed E-state index contributed by atoms with van der Waals surface area (Å²) in [5, 5.41) is 5.74. The van der Waals surface area contributed by atoms with Crippen molar-refractivity contribution in [1.82, 2.24) is 9.46 Å². The number of hydrogen-bond donors (Lipinski definition) is 1. The molecule has 150 valence electrons. The molecular formula is C16H16FN3O7S. The van der Waals surface area contributed by atoms with Crippen molar-refractivity contribution in [3.8, 4) is 0 Å². The number of sulfonamides is 1. The molecular weight excluding hydrogens is 397 g/mol. The van der Waals surface area contributed by atoms with Gasteiger partial charge in [0.2, 0.25) is 10.0 Å². The van der Waals surface area contributed by atoms with E-state index in [1.807, 2.05) is 0 Å². The van der Waals surface area contributed by atoms with Gasteiger partial charge in [0.15, 0.2) is 12.4 Å². The lowest BCUT2D eigenvalue weighted by atomic mass is 10.2. The Morgan fingerprint density at radius 2 is 2.00 bits per heavy atom. The van der Waals surface area contributed by atoms with Crippen LogP contribution in [0.15, 0.2) is 39.9 Å². The number of nitrogens with zero attached hydrogens (tertiary/aromatic N) is 2. The molecule has 2 heterocycles. The molecule has 28 heavy (non-hydrogen) atoms. The molecule has 10 nitrogen and oxygen atoms in total. The predicted octanol–water partition coefficient (Wildman–Crippen LogP) is 0.630. The number of hydrogen-bond acceptors (Lipinski definition) is 8. The number of rotatable bonds is 6. The summed E-state index contributed by atoms with van der Waals surface area (Å²) in [5.41, 5.74) is -0.594. The predicted molar refractivity (Wildman–Crippen MR) is 91.4 cm³/mol. The average Bonchev–Trinajstić information content (AvgIpc) is 3.20. The highest BCUT2D eigenvalue weighted by atomic mass is 32.2. The fourth-order valence-corrected chi connectivity index (χ4v) is 3.86. The highest BCUT2D eigenvalue weighted by Gasteiger charge is 2.28. The first kappa shape index (κ1) is 19.9. The van der Waals surface area contributed by atoms with E-state index in [1.165, 1.54) is 16.6 Å². The monoisotopic (exact) mass is 413 g/mol. The number of anilines is 1. The first-order valence-electron chi connectivity index (χ1n) is 8.13. The number of aromatic nitrogens is 1. The average molecular weight is 413 g/mol. The summed E-state index contributed by atoms with van der Waals surface area (Å²) in [4.78, 5) is 23.6. The van der Waals surface area contributed by atoms with E-state index < -0.39 is 39.9 Å². The van der Waals surface area contributed by atoms with E-state index in [2.05, 4.69) is 15.0 Å². The van der Waals surface area contributed by atoms with Crippen molar-refractivity contribution in [1.29, 1.82) is 0 Å². The Hall–Kier alpha value is -2.83. The van der Waals surface area contributed by atoms with Crippen LogP contribution in [0.5, 0.6) is 0 Å². The fourth-order valence-electron chi connectivity index (χ4n) is 2.42. The number of ether oxygens (including phenoxy) is 2. The molecule has 0 unspecified atom stereocenters. The minimum atomic E-state index is -3.92. The van der Waals surface area contributed by atoms with E-state index >= 15 is 0 Å². The molecule has 1 aromatic heterocycles. The molecule has 0 atom stereocenters. The Morgan fingerprint density at radius 1 is 1.25 bits per heavy atom. The van der Waals surface area contributed by atoms with Gasteiger partial charge >= 0.3 is 5.97 Å². The zero-order valence-electron chi connectivity index (χ0n) is 14.5. The summed E-state index contributed by atoms with van der Waals surface area (Å²) >= 11 is 0. The number of carbonyl (C=O) groups excluding carboxylic acids is 2. The maximum Gasteiger partial charge on any atom is 0.341 e. The summed E-state index contributed by atoms with van der Waals surface area (Å²) in [6, 6.07) is 4.19. The Bertz CT molecular complexity index is 957. The molecule has 0 radical (unpaired) electrons. The largest absolute Gasteiger partial charge is 0.452 e. The van der Waals surface area contributed by atoms with E-state index in [-0.39, 0.29) is 37.0 Å². The highest BCUT2D eigenvalue weighted by Crippen LogP contribution is 2.21. The standard InChI is InChI=1S/C16H16FN3O7S/c17-13-2-1-11(28(23,24)20-4-7-25-8-5-20)9-12(13)16(22)26-10-15(21)18-14-3-6-27-19-14/h1-3,6,9H,4-5,7-8,10H2,(H,18,19,21). The third-order valence-electron chi connectivity index (χ3n) is 3.81. The lowest BCUT2D eigenvalue weighted by molar-refractivity contribution is -0.119. The van der Waals surface area contributed by atoms with Crippen LogP contribution >= 0.6 is 0 Å². The first-order valence-corrected chi connectivity index (χ1v) is 9.57. The number of nitrogens with one attached hydrogen (secondary N) is 1. The third kappa shape index (κ3) is 4.52. The molecule has 1 fully saturated rings. The number of halogens is 1. The number of carbonyl (C=O) groups is 2. The number of amides is 1. The molecule has 1 aliphatic rings. The van der Waals surface area contributed by atoms with Crippen LogP contribution in [0.25, 0.3) is 0 Å². The van der Waals surface area contributed by atoms with Gasteiger partial charge in [0.1, 0.15) is 12.1 Å². The second-order valence-electron chi connectivity index (χ2n) is 5.67. The van der Waals surface area contributed by atoms with Crippen LogP contribution in [0.4, 0.5) is 10.2 Å². The quantitative estimate of drug-likeness (QED) is 0.683. The van der Waals surface area contributed by atoms with Crippen molar-refractivity contribution < 1.29 is 36.4 Å². The molecule has 0 saturated carbocycles. The van der Waals surface area contributed by atoms with Gasteiger partial charge in [-0.15, -0.1) is 0 Å². The van der Waals surface area contributed by atoms with Crippen LogP contribution in [-0.4, -0.2) is 62.7 Å². The minimum absolute atomic E-state index is 0.117. The zero-order chi connectivity index (χ0) is 20.1. The van der Waals surface area contributed by atoms with E-state index in [0.29, 0.717) is 0 Å². The summed E-state index contributed by atoms with van der Waals surface area (Å²) in [7, 11) is -3.92. The Labute approximate surface area is 159 Å². The molecule has 1 N–H and O–H groups in total. The van der Waals surface area contributed by atoms with Crippen molar-refractivity contribution >= 4 is 27.7 Å². The van der Waals surface area contributed by atoms with Crippen molar-refractivity contribution in [3.63, 3.8) is 0 Å². The van der Waals surface area contributed by atoms with E-state index in [9.17, 15) is 22.4 Å². The minimum Gasteiger partial charge on any atom is -0.452 e. The molecule has 0 aliphatic carbocycles. The molecule has 2 aromatic rings. The van der Waals surface area contributed by atoms with Gasteiger partial charge in [-0.05, 0) is 18.2 Å². The molecule has 1 aromatic carbocycles. The molecule has 0 spiro atoms. The van der Waals surface area contributed by atoms with Crippen LogP contribution in [0.2, 0.25) is 0 Å². The van der Waals surface area contributed by atoms with Crippen LogP contribution in [0.3, 0.4) is 0 Å². The van der Waals surface area contributed by atoms with Gasteiger partial charge in [0, 0.05) is 19.2 Å². The van der Waals surface area contributed by atoms with Gasteiger partial charge < -0.3 is 19.3 Å². The van der Waals surface area contributed by atoms with Crippen LogP contribution in [0, 0.1) is 5.82 Å². The van der Waals surface area contributed by atoms with Crippen LogP contribution < -0.4 is 5.32 Å². The van der Waals surface area contributed by atoms with Crippen molar-refractivity contribution in [2.24, 2.45) is 0 Å². The van der Waals surface area contributed by atoms with Crippen LogP contribution in [0.1, 0.15) is 10.4 Å². The third-order valence-corrected chi connectivity index (χ3v) is 5.70. The maximum atomic E-state index is 14.0. The molecule has 1 aliphatic heterocycles. The molecule has 1 saturated heterocycles. The first-order chi connectivity index (χ1) is 13.4. The van der Waals surface area contributed by atoms with Gasteiger partial charge in [0.25, 0.3) is 5.91 Å². The summed E-state index contributed by atoms with van der Waals surface area (Å²) in [6.07, 6.45) is 1.23. The van der Waals surface area contributed by atoms with Gasteiger partial charge in [-0.3, -0.25) is 4.79 Å². The number of morpholine rings is 1. The van der Waals surface area contributed by atoms with Gasteiger partial charge in [-0.1, -0.05) is 5.16 Å². The lowest BCUT2D eigenvalue weighted by Gasteiger charge is -2.26. The molecule has 12 heteroatoms. The molecule has 3 rings (SSSR count). The van der Waals surface area contributed by atoms with Crippen molar-refractivity contribution in [2.75, 3.05) is 38.2 Å². The highest BCUT2D eigenvalue weighted by molar-refractivity contribution is 7.89. The maximum absolute atomic E-state index is 14.0. The summed E-state index contributed by atoms with van der Waals surface area (Å²) in [6.45, 7) is 0.0842. The van der Waals surface area contributed by atoms with Gasteiger partial charge in [-0.2, -0.15) is 4.31 Å². The topological polar surface area (TPSA) is 128 Å². The van der Waals surface area contributed by atoms with Gasteiger partial charge in [-0.25, -0.2) is 17.6 Å². The number of esters is 1. The lowest BCUT2D eigenvalue weighted by Crippen LogP contribution is -2.40. The Morgan fingerprint density at radius 3 is 2.68 bits per heavy atom. The van der Waals surface area contributed by atoms with E-state index in [0.717, 1.165) is 18.2 Å². The fraction of sp³-hybridized carbons (Fsp3) is 0.312. The second kappa shape index (κ2) is 8.46. The smallest absolute Gasteiger partial charge is 0.341 e. The Kier molecular flexibility index (Phi) is 6.02. The van der Waals surface area contributed by atoms with Crippen molar-refractivity contribution in [3.05, 3.63) is 41.9 Å². The zero-order valence-corrected chi connectivity index (χ0v) is 15.3. The summed E-state index contributed by atoms with van der Waals surface area (Å²) < 4.78 is 54.9. The van der Waals surface area contributed by atoms with Crippen molar-refractivity contribution in [2.45, 2.75) is 4.90 Å². The van der Waals surface area contributed by atoms with Crippen LogP contribution in [-0.2, 0) is 24.3 Å². The molecule has 1 amide bonds. The second-order valence-corrected chi connectivity index (χ2v) is 7.61. The number of benzene rings is 1.